The van der Waals surface area contributed by atoms with E-state index in [9.17, 15) is 0 Å². The zero-order valence-corrected chi connectivity index (χ0v) is 12.5. The molecule has 0 amide bonds. The third-order valence-electron chi connectivity index (χ3n) is 2.28. The molecular formula is C12H8O3U+2. The molecule has 76 valence electrons. The Morgan fingerprint density at radius 1 is 0.750 bits per heavy atom. The first-order valence-corrected chi connectivity index (χ1v) is 8.12. The van der Waals surface area contributed by atoms with Gasteiger partial charge in [0.25, 0.3) is 0 Å². The summed E-state index contributed by atoms with van der Waals surface area (Å²) in [5, 5.41) is 2.39. The number of benzene rings is 2. The van der Waals surface area contributed by atoms with Gasteiger partial charge in [-0.25, -0.2) is 0 Å². The van der Waals surface area contributed by atoms with E-state index < -0.39 is 27.8 Å². The standard InChI is InChI=1S/C12H8O.2O.U/c1-3-7-11-9(5-1)10-6-2-4-8-12(10)13-11;;;/h1-8H;;;/q;;;+2. The topological polar surface area (TPSA) is 47.3 Å². The molecule has 0 unspecified atom stereocenters. The van der Waals surface area contributed by atoms with Gasteiger partial charge in [-0.15, -0.1) is 0 Å². The minimum atomic E-state index is -2.51. The van der Waals surface area contributed by atoms with E-state index in [-0.39, 0.29) is 0 Å². The zero-order valence-electron chi connectivity index (χ0n) is 8.34. The summed E-state index contributed by atoms with van der Waals surface area (Å²) in [6.45, 7) is 0. The molecular weight excluding hydrogens is 430 g/mol. The molecule has 0 saturated carbocycles. The van der Waals surface area contributed by atoms with Gasteiger partial charge in [0.05, 0.1) is 0 Å². The van der Waals surface area contributed by atoms with Crippen LogP contribution in [0.3, 0.4) is 0 Å². The summed E-state index contributed by atoms with van der Waals surface area (Å²) in [4.78, 5) is 0. The summed E-state index contributed by atoms with van der Waals surface area (Å²) in [5.41, 5.74) is 1.92. The van der Waals surface area contributed by atoms with Crippen molar-refractivity contribution in [2.24, 2.45) is 0 Å². The smallest absolute Gasteiger partial charge is 0.135 e. The first kappa shape index (κ1) is 11.4. The summed E-state index contributed by atoms with van der Waals surface area (Å²) < 4.78 is 22.8. The summed E-state index contributed by atoms with van der Waals surface area (Å²) in [6.07, 6.45) is 0. The van der Waals surface area contributed by atoms with Gasteiger partial charge >= 0.3 is 32.3 Å². The van der Waals surface area contributed by atoms with E-state index >= 15 is 0 Å². The number of fused-ring (bicyclic) bond motifs is 3. The molecule has 0 bridgehead atoms. The van der Waals surface area contributed by atoms with Crippen molar-refractivity contribution < 1.29 is 36.7 Å². The van der Waals surface area contributed by atoms with E-state index in [0.717, 1.165) is 11.2 Å². The van der Waals surface area contributed by atoms with Crippen LogP contribution in [0.5, 0.6) is 0 Å². The molecule has 3 nitrogen and oxygen atoms in total. The van der Waals surface area contributed by atoms with Gasteiger partial charge in [0.15, 0.2) is 0 Å². The Bertz CT molecular complexity index is 601. The normalized spacial score (nSPS) is 9.50. The van der Waals surface area contributed by atoms with E-state index in [1.165, 1.54) is 10.8 Å². The zero-order chi connectivity index (χ0) is 11.4. The maximum atomic E-state index is 8.58. The van der Waals surface area contributed by atoms with Crippen molar-refractivity contribution in [2.75, 3.05) is 0 Å². The molecule has 0 aliphatic heterocycles. The summed E-state index contributed by atoms with van der Waals surface area (Å²) in [6, 6.07) is 16.2. The van der Waals surface area contributed by atoms with E-state index in [1.54, 1.807) is 0 Å². The quantitative estimate of drug-likeness (QED) is 0.541. The van der Waals surface area contributed by atoms with Crippen LogP contribution < -0.4 is 0 Å². The third-order valence-corrected chi connectivity index (χ3v) is 2.28. The monoisotopic (exact) mass is 438 g/mol. The molecule has 0 atom stereocenters. The van der Waals surface area contributed by atoms with Gasteiger partial charge in [-0.05, 0) is 12.1 Å². The van der Waals surface area contributed by atoms with Gasteiger partial charge in [0.2, 0.25) is 0 Å². The van der Waals surface area contributed by atoms with Crippen molar-refractivity contribution in [3.8, 4) is 0 Å². The second-order valence-electron chi connectivity index (χ2n) is 3.18. The van der Waals surface area contributed by atoms with Crippen LogP contribution in [0.4, 0.5) is 0 Å². The van der Waals surface area contributed by atoms with Crippen LogP contribution in [0.15, 0.2) is 52.9 Å². The predicted octanol–water partition coefficient (Wildman–Crippen LogP) is 3.35. The van der Waals surface area contributed by atoms with Gasteiger partial charge in [-0.3, -0.25) is 0 Å². The average molecular weight is 438 g/mol. The first-order valence-electron chi connectivity index (χ1n) is 4.72. The van der Waals surface area contributed by atoms with Crippen LogP contribution in [0.1, 0.15) is 0 Å². The molecule has 16 heavy (non-hydrogen) atoms. The molecule has 1 aromatic heterocycles. The van der Waals surface area contributed by atoms with Crippen molar-refractivity contribution in [3.05, 3.63) is 48.5 Å². The van der Waals surface area contributed by atoms with Crippen LogP contribution in [0.2, 0.25) is 0 Å². The summed E-state index contributed by atoms with van der Waals surface area (Å²) in [5.74, 6) is 0. The Balaban J connectivity index is 0.000000292. The summed E-state index contributed by atoms with van der Waals surface area (Å²) >= 11 is -2.51. The molecule has 0 spiro atoms. The molecule has 0 N–H and O–H groups in total. The van der Waals surface area contributed by atoms with Gasteiger partial charge in [0.1, 0.15) is 11.2 Å². The SMILES string of the molecule is [O]=[U+2]=[O].c1ccc2c(c1)oc1ccccc12. The average Bonchev–Trinajstić information content (AvgIpc) is 2.68. The maximum Gasteiger partial charge on any atom is 0.135 e. The number of hydrogen-bond acceptors (Lipinski definition) is 3. The molecule has 0 aliphatic rings. The second-order valence-corrected chi connectivity index (χ2v) is 3.87. The second kappa shape index (κ2) is 5.29. The fourth-order valence-electron chi connectivity index (χ4n) is 1.67. The Labute approximate surface area is 107 Å². The fraction of sp³-hybridized carbons (Fsp3) is 0. The van der Waals surface area contributed by atoms with E-state index in [1.807, 2.05) is 36.4 Å². The molecule has 0 aliphatic carbocycles. The third kappa shape index (κ3) is 2.18. The first-order chi connectivity index (χ1) is 7.86. The van der Waals surface area contributed by atoms with Crippen LogP contribution in [0, 0.1) is 27.8 Å². The Morgan fingerprint density at radius 3 is 1.56 bits per heavy atom. The van der Waals surface area contributed by atoms with Crippen molar-refractivity contribution in [1.29, 1.82) is 0 Å². The van der Waals surface area contributed by atoms with Gasteiger partial charge < -0.3 is 4.42 Å². The van der Waals surface area contributed by atoms with E-state index in [0.29, 0.717) is 0 Å². The number of rotatable bonds is 0. The Kier molecular flexibility index (Phi) is 3.76. The van der Waals surface area contributed by atoms with E-state index in [2.05, 4.69) is 12.1 Å². The molecule has 3 aromatic rings. The van der Waals surface area contributed by atoms with Crippen LogP contribution in [-0.2, 0) is 4.47 Å². The molecule has 2 aromatic carbocycles. The molecule has 3 rings (SSSR count). The number of hydrogen-bond donors (Lipinski definition) is 0. The summed E-state index contributed by atoms with van der Waals surface area (Å²) in [7, 11) is 0. The molecule has 0 radical (unpaired) electrons. The Morgan fingerprint density at radius 2 is 1.12 bits per heavy atom. The van der Waals surface area contributed by atoms with Gasteiger partial charge in [-0.1, -0.05) is 36.4 Å². The van der Waals surface area contributed by atoms with Crippen LogP contribution in [-0.4, -0.2) is 0 Å². The Hall–Kier alpha value is -1.11. The molecule has 4 heteroatoms. The van der Waals surface area contributed by atoms with Crippen molar-refractivity contribution >= 4 is 21.9 Å². The minimum absolute atomic E-state index is 0.962. The minimum Gasteiger partial charge on any atom is -0.456 e. The number of furan rings is 1. The van der Waals surface area contributed by atoms with Crippen molar-refractivity contribution in [2.45, 2.75) is 0 Å². The predicted molar refractivity (Wildman–Crippen MR) is 55.1 cm³/mol. The van der Waals surface area contributed by atoms with E-state index in [4.69, 9.17) is 8.89 Å². The largest absolute Gasteiger partial charge is 0.456 e. The van der Waals surface area contributed by atoms with Crippen molar-refractivity contribution in [3.63, 3.8) is 0 Å². The maximum absolute atomic E-state index is 8.58. The van der Waals surface area contributed by atoms with Crippen LogP contribution >= 0.6 is 0 Å². The van der Waals surface area contributed by atoms with Gasteiger partial charge in [-0.2, -0.15) is 0 Å². The van der Waals surface area contributed by atoms with Gasteiger partial charge in [0, 0.05) is 10.8 Å². The fourth-order valence-corrected chi connectivity index (χ4v) is 1.67. The molecule has 0 saturated heterocycles. The number of para-hydroxylation sites is 2. The van der Waals surface area contributed by atoms with Crippen molar-refractivity contribution in [1.82, 2.24) is 0 Å². The molecule has 0 fully saturated rings. The molecule has 1 heterocycles. The van der Waals surface area contributed by atoms with Crippen LogP contribution in [0.25, 0.3) is 21.9 Å².